The molecule has 3 atom stereocenters. The van der Waals surface area contributed by atoms with Crippen LogP contribution in [0.4, 0.5) is 4.39 Å². The highest BCUT2D eigenvalue weighted by molar-refractivity contribution is 5.77. The van der Waals surface area contributed by atoms with Gasteiger partial charge in [0.2, 0.25) is 0 Å². The zero-order valence-electron chi connectivity index (χ0n) is 15.3. The summed E-state index contributed by atoms with van der Waals surface area (Å²) >= 11 is 0. The molecule has 1 fully saturated rings. The van der Waals surface area contributed by atoms with E-state index in [2.05, 4.69) is 34.5 Å². The van der Waals surface area contributed by atoms with Crippen molar-refractivity contribution in [3.63, 3.8) is 0 Å². The molecule has 5 rings (SSSR count). The normalized spacial score (nSPS) is 27.2. The van der Waals surface area contributed by atoms with Gasteiger partial charge >= 0.3 is 0 Å². The third-order valence-corrected chi connectivity index (χ3v) is 5.93. The molecular weight excluding hydrogens is 341 g/mol. The van der Waals surface area contributed by atoms with E-state index in [1.54, 1.807) is 0 Å². The van der Waals surface area contributed by atoms with Crippen LogP contribution in [0.3, 0.4) is 0 Å². The monoisotopic (exact) mass is 365 g/mol. The third-order valence-electron chi connectivity index (χ3n) is 5.93. The van der Waals surface area contributed by atoms with Gasteiger partial charge in [-0.25, -0.2) is 9.38 Å². The van der Waals surface area contributed by atoms with Crippen molar-refractivity contribution >= 4 is 6.02 Å². The van der Waals surface area contributed by atoms with E-state index in [0.717, 1.165) is 37.5 Å². The molecule has 5 heteroatoms. The maximum absolute atomic E-state index is 13.5. The molecule has 0 aromatic heterocycles. The van der Waals surface area contributed by atoms with Crippen molar-refractivity contribution in [3.05, 3.63) is 71.0 Å². The molecule has 0 aliphatic carbocycles. The molecule has 3 heterocycles. The average Bonchev–Trinajstić information content (AvgIpc) is 3.39. The van der Waals surface area contributed by atoms with Gasteiger partial charge in [-0.05, 0) is 54.6 Å². The quantitative estimate of drug-likeness (QED) is 0.887. The van der Waals surface area contributed by atoms with E-state index in [-0.39, 0.29) is 18.0 Å². The minimum absolute atomic E-state index is 0.00425. The highest BCUT2D eigenvalue weighted by atomic mass is 19.1. The number of nitrogens with one attached hydrogen (secondary N) is 1. The summed E-state index contributed by atoms with van der Waals surface area (Å²) in [5.74, 6) is -0.212. The van der Waals surface area contributed by atoms with Crippen LogP contribution in [0, 0.1) is 5.82 Å². The standard InChI is InChI=1S/C22H24FN3O/c23-17-9-7-16(8-10-17)21-18-5-2-1-4-15(18)11-13-26(21)22-25-14-20(27-22)19-6-3-12-24-19/h1-2,4-5,7-10,19-21,24H,3,6,11-14H2/t19-,20-,21-/m0/s1. The van der Waals surface area contributed by atoms with Crippen LogP contribution < -0.4 is 5.32 Å². The minimum Gasteiger partial charge on any atom is -0.458 e. The SMILES string of the molecule is Fc1ccc([C@H]2c3ccccc3CCN2C2=NC[C@@H]([C@@H]3CCCN3)O2)cc1. The predicted molar refractivity (Wildman–Crippen MR) is 103 cm³/mol. The average molecular weight is 365 g/mol. The molecule has 27 heavy (non-hydrogen) atoms. The fourth-order valence-electron chi connectivity index (χ4n) is 4.55. The smallest absolute Gasteiger partial charge is 0.288 e. The number of hydrogen-bond donors (Lipinski definition) is 1. The molecule has 0 bridgehead atoms. The van der Waals surface area contributed by atoms with E-state index in [0.29, 0.717) is 12.6 Å². The van der Waals surface area contributed by atoms with Crippen molar-refractivity contribution in [2.45, 2.75) is 37.5 Å². The lowest BCUT2D eigenvalue weighted by Crippen LogP contribution is -2.43. The second-order valence-corrected chi connectivity index (χ2v) is 7.58. The number of hydrogen-bond acceptors (Lipinski definition) is 4. The van der Waals surface area contributed by atoms with E-state index in [4.69, 9.17) is 9.73 Å². The molecular formula is C22H24FN3O. The first-order valence-corrected chi connectivity index (χ1v) is 9.84. The molecule has 0 radical (unpaired) electrons. The number of fused-ring (bicyclic) bond motifs is 1. The van der Waals surface area contributed by atoms with Gasteiger partial charge in [0.25, 0.3) is 6.02 Å². The summed E-state index contributed by atoms with van der Waals surface area (Å²) in [6.45, 7) is 2.62. The summed E-state index contributed by atoms with van der Waals surface area (Å²) in [6.07, 6.45) is 3.43. The molecule has 3 aliphatic heterocycles. The van der Waals surface area contributed by atoms with Crippen LogP contribution in [0.15, 0.2) is 53.5 Å². The largest absolute Gasteiger partial charge is 0.458 e. The zero-order valence-corrected chi connectivity index (χ0v) is 15.3. The summed E-state index contributed by atoms with van der Waals surface area (Å²) in [5.41, 5.74) is 3.66. The highest BCUT2D eigenvalue weighted by Crippen LogP contribution is 2.36. The van der Waals surface area contributed by atoms with Crippen LogP contribution in [0.5, 0.6) is 0 Å². The summed E-state index contributed by atoms with van der Waals surface area (Å²) in [6, 6.07) is 16.5. The van der Waals surface area contributed by atoms with Crippen molar-refractivity contribution in [2.75, 3.05) is 19.6 Å². The first kappa shape index (κ1) is 16.8. The Kier molecular flexibility index (Phi) is 4.32. The number of ether oxygens (including phenoxy) is 1. The molecule has 1 N–H and O–H groups in total. The van der Waals surface area contributed by atoms with E-state index in [1.165, 1.54) is 29.7 Å². The summed E-state index contributed by atoms with van der Waals surface area (Å²) in [5, 5.41) is 3.53. The summed E-state index contributed by atoms with van der Waals surface area (Å²) < 4.78 is 19.8. The first-order valence-electron chi connectivity index (χ1n) is 9.84. The van der Waals surface area contributed by atoms with E-state index in [9.17, 15) is 4.39 Å². The van der Waals surface area contributed by atoms with E-state index >= 15 is 0 Å². The molecule has 0 spiro atoms. The van der Waals surface area contributed by atoms with Gasteiger partial charge in [-0.2, -0.15) is 0 Å². The van der Waals surface area contributed by atoms with Gasteiger partial charge in [-0.15, -0.1) is 0 Å². The van der Waals surface area contributed by atoms with Crippen LogP contribution in [0.2, 0.25) is 0 Å². The summed E-state index contributed by atoms with van der Waals surface area (Å²) in [7, 11) is 0. The second kappa shape index (κ2) is 6.97. The Morgan fingerprint density at radius 3 is 2.78 bits per heavy atom. The van der Waals surface area contributed by atoms with Gasteiger partial charge in [0, 0.05) is 12.6 Å². The topological polar surface area (TPSA) is 36.9 Å². The van der Waals surface area contributed by atoms with Gasteiger partial charge in [0.15, 0.2) is 0 Å². The molecule has 4 nitrogen and oxygen atoms in total. The number of nitrogens with zero attached hydrogens (tertiary/aromatic N) is 2. The van der Waals surface area contributed by atoms with Crippen LogP contribution in [-0.4, -0.2) is 42.7 Å². The number of amidine groups is 1. The Bertz CT molecular complexity index is 845. The summed E-state index contributed by atoms with van der Waals surface area (Å²) in [4.78, 5) is 7.01. The fourth-order valence-corrected chi connectivity index (χ4v) is 4.55. The predicted octanol–water partition coefficient (Wildman–Crippen LogP) is 3.28. The first-order chi connectivity index (χ1) is 13.3. The molecule has 2 aromatic carbocycles. The lowest BCUT2D eigenvalue weighted by atomic mass is 9.88. The highest BCUT2D eigenvalue weighted by Gasteiger charge is 2.37. The minimum atomic E-state index is -0.212. The van der Waals surface area contributed by atoms with Crippen LogP contribution in [0.25, 0.3) is 0 Å². The van der Waals surface area contributed by atoms with Gasteiger partial charge in [-0.1, -0.05) is 36.4 Å². The van der Waals surface area contributed by atoms with Crippen molar-refractivity contribution in [2.24, 2.45) is 4.99 Å². The van der Waals surface area contributed by atoms with Gasteiger partial charge in [0.1, 0.15) is 11.9 Å². The van der Waals surface area contributed by atoms with Crippen molar-refractivity contribution in [3.8, 4) is 0 Å². The lowest BCUT2D eigenvalue weighted by molar-refractivity contribution is 0.140. The van der Waals surface area contributed by atoms with Crippen molar-refractivity contribution < 1.29 is 9.13 Å². The third kappa shape index (κ3) is 3.10. The van der Waals surface area contributed by atoms with Crippen LogP contribution in [-0.2, 0) is 11.2 Å². The number of benzene rings is 2. The van der Waals surface area contributed by atoms with Crippen LogP contribution >= 0.6 is 0 Å². The molecule has 0 unspecified atom stereocenters. The van der Waals surface area contributed by atoms with Gasteiger partial charge in [0.05, 0.1) is 12.6 Å². The lowest BCUT2D eigenvalue weighted by Gasteiger charge is -2.38. The van der Waals surface area contributed by atoms with E-state index in [1.807, 2.05) is 12.1 Å². The maximum atomic E-state index is 13.5. The number of rotatable bonds is 2. The fraction of sp³-hybridized carbons (Fsp3) is 0.409. The zero-order chi connectivity index (χ0) is 18.2. The molecule has 3 aliphatic rings. The maximum Gasteiger partial charge on any atom is 0.288 e. The molecule has 1 saturated heterocycles. The van der Waals surface area contributed by atoms with Crippen molar-refractivity contribution in [1.29, 1.82) is 0 Å². The Labute approximate surface area is 159 Å². The molecule has 0 saturated carbocycles. The Hall–Kier alpha value is -2.40. The van der Waals surface area contributed by atoms with Gasteiger partial charge in [-0.3, -0.25) is 0 Å². The Morgan fingerprint density at radius 1 is 1.11 bits per heavy atom. The molecule has 2 aromatic rings. The van der Waals surface area contributed by atoms with Crippen LogP contribution in [0.1, 0.15) is 35.6 Å². The number of halogens is 1. The molecule has 140 valence electrons. The van der Waals surface area contributed by atoms with Gasteiger partial charge < -0.3 is 15.0 Å². The van der Waals surface area contributed by atoms with E-state index < -0.39 is 0 Å². The Balaban J connectivity index is 1.47. The molecule has 0 amide bonds. The Morgan fingerprint density at radius 2 is 1.96 bits per heavy atom. The van der Waals surface area contributed by atoms with Crippen molar-refractivity contribution in [1.82, 2.24) is 10.2 Å². The number of aliphatic imine (C=N–C) groups is 1. The second-order valence-electron chi connectivity index (χ2n) is 7.58.